The number of urea groups is 1. The van der Waals surface area contributed by atoms with Crippen molar-refractivity contribution in [3.63, 3.8) is 0 Å². The van der Waals surface area contributed by atoms with E-state index in [-0.39, 0.29) is 12.4 Å². The minimum absolute atomic E-state index is 0.252. The summed E-state index contributed by atoms with van der Waals surface area (Å²) in [4.78, 5) is 13.8. The van der Waals surface area contributed by atoms with Gasteiger partial charge in [-0.2, -0.15) is 13.5 Å². The Morgan fingerprint density at radius 1 is 1.20 bits per heavy atom. The van der Waals surface area contributed by atoms with Gasteiger partial charge in [-0.05, 0) is 25.0 Å². The van der Waals surface area contributed by atoms with E-state index < -0.39 is 28.5 Å². The summed E-state index contributed by atoms with van der Waals surface area (Å²) in [5, 5.41) is 8.73. The van der Waals surface area contributed by atoms with Crippen LogP contribution in [0.25, 0.3) is 11.5 Å². The molecule has 3 heterocycles. The van der Waals surface area contributed by atoms with Crippen molar-refractivity contribution >= 4 is 16.4 Å². The summed E-state index contributed by atoms with van der Waals surface area (Å²) < 4.78 is 40.7. The average molecular weight is 366 g/mol. The Morgan fingerprint density at radius 3 is 2.68 bits per heavy atom. The third-order valence-electron chi connectivity index (χ3n) is 4.24. The lowest BCUT2D eigenvalue weighted by atomic mass is 10.0. The van der Waals surface area contributed by atoms with E-state index in [1.165, 1.54) is 4.90 Å². The molecule has 1 aromatic carbocycles. The van der Waals surface area contributed by atoms with Crippen LogP contribution in [0.2, 0.25) is 0 Å². The first-order valence-corrected chi connectivity index (χ1v) is 8.94. The van der Waals surface area contributed by atoms with Gasteiger partial charge in [-0.15, -0.1) is 14.5 Å². The number of carbonyl (C=O) groups excluding carboxylic acids is 1. The molecule has 2 bridgehead atoms. The highest BCUT2D eigenvalue weighted by Gasteiger charge is 2.49. The number of rotatable bonds is 4. The van der Waals surface area contributed by atoms with Crippen LogP contribution in [-0.2, 0) is 14.7 Å². The molecule has 2 aromatic rings. The maximum atomic E-state index is 12.4. The molecule has 2 amide bonds. The summed E-state index contributed by atoms with van der Waals surface area (Å²) >= 11 is 0. The molecule has 0 radical (unpaired) electrons. The molecule has 0 aliphatic carbocycles. The van der Waals surface area contributed by atoms with Crippen molar-refractivity contribution < 1.29 is 26.5 Å². The Kier molecular flexibility index (Phi) is 3.71. The first kappa shape index (κ1) is 16.0. The van der Waals surface area contributed by atoms with Gasteiger partial charge in [-0.3, -0.25) is 4.55 Å². The van der Waals surface area contributed by atoms with Gasteiger partial charge in [0.2, 0.25) is 11.8 Å². The number of hydroxylamine groups is 2. The van der Waals surface area contributed by atoms with Crippen molar-refractivity contribution in [2.24, 2.45) is 0 Å². The monoisotopic (exact) mass is 366 g/mol. The summed E-state index contributed by atoms with van der Waals surface area (Å²) in [6.45, 7) is 0.252. The molecule has 2 aliphatic heterocycles. The van der Waals surface area contributed by atoms with Crippen molar-refractivity contribution in [3.8, 4) is 11.5 Å². The minimum Gasteiger partial charge on any atom is -0.418 e. The Labute approximate surface area is 142 Å². The number of fused-ring (bicyclic) bond motifs is 2. The quantitative estimate of drug-likeness (QED) is 0.805. The van der Waals surface area contributed by atoms with Gasteiger partial charge in [-0.25, -0.2) is 4.79 Å². The number of piperidine rings is 1. The Hall–Kier alpha value is -2.50. The lowest BCUT2D eigenvalue weighted by Crippen LogP contribution is -2.35. The van der Waals surface area contributed by atoms with E-state index >= 15 is 0 Å². The van der Waals surface area contributed by atoms with Crippen LogP contribution in [0.15, 0.2) is 34.7 Å². The van der Waals surface area contributed by atoms with Crippen molar-refractivity contribution in [2.75, 3.05) is 6.54 Å². The summed E-state index contributed by atoms with van der Waals surface area (Å²) in [6.07, 6.45) is 0.990. The van der Waals surface area contributed by atoms with Crippen molar-refractivity contribution in [3.05, 3.63) is 36.2 Å². The van der Waals surface area contributed by atoms with Crippen LogP contribution in [0.1, 0.15) is 24.8 Å². The van der Waals surface area contributed by atoms with Gasteiger partial charge in [0.15, 0.2) is 0 Å². The molecule has 2 fully saturated rings. The van der Waals surface area contributed by atoms with Crippen molar-refractivity contribution in [1.29, 1.82) is 0 Å². The molecule has 25 heavy (non-hydrogen) atoms. The summed E-state index contributed by atoms with van der Waals surface area (Å²) in [5.41, 5.74) is 0.763. The molecule has 10 nitrogen and oxygen atoms in total. The van der Waals surface area contributed by atoms with E-state index in [0.29, 0.717) is 23.8 Å². The highest BCUT2D eigenvalue weighted by Crippen LogP contribution is 2.38. The number of nitrogens with zero attached hydrogens (tertiary/aromatic N) is 4. The van der Waals surface area contributed by atoms with E-state index in [1.54, 1.807) is 0 Å². The van der Waals surface area contributed by atoms with Gasteiger partial charge < -0.3 is 9.32 Å². The summed E-state index contributed by atoms with van der Waals surface area (Å²) in [5.74, 6) is 0.620. The van der Waals surface area contributed by atoms with E-state index in [1.807, 2.05) is 30.3 Å². The zero-order valence-electron chi connectivity index (χ0n) is 12.8. The summed E-state index contributed by atoms with van der Waals surface area (Å²) in [7, 11) is -4.77. The lowest BCUT2D eigenvalue weighted by Gasteiger charge is -2.27. The van der Waals surface area contributed by atoms with Gasteiger partial charge >= 0.3 is 16.4 Å². The van der Waals surface area contributed by atoms with Gasteiger partial charge in [0, 0.05) is 12.1 Å². The Balaban J connectivity index is 1.57. The van der Waals surface area contributed by atoms with Crippen molar-refractivity contribution in [2.45, 2.75) is 24.9 Å². The highest BCUT2D eigenvalue weighted by molar-refractivity contribution is 7.80. The minimum atomic E-state index is -4.77. The highest BCUT2D eigenvalue weighted by atomic mass is 32.3. The number of hydrogen-bond donors (Lipinski definition) is 1. The fraction of sp³-hybridized carbons (Fsp3) is 0.357. The molecule has 2 atom stereocenters. The molecule has 1 N–H and O–H groups in total. The topological polar surface area (TPSA) is 126 Å². The zero-order chi connectivity index (χ0) is 17.6. The van der Waals surface area contributed by atoms with E-state index in [4.69, 9.17) is 8.97 Å². The Morgan fingerprint density at radius 2 is 1.96 bits per heavy atom. The van der Waals surface area contributed by atoms with Crippen LogP contribution in [-0.4, -0.2) is 51.7 Å². The van der Waals surface area contributed by atoms with Crippen molar-refractivity contribution in [1.82, 2.24) is 20.2 Å². The van der Waals surface area contributed by atoms with Crippen LogP contribution in [0.5, 0.6) is 0 Å². The van der Waals surface area contributed by atoms with Crippen LogP contribution < -0.4 is 0 Å². The maximum Gasteiger partial charge on any atom is 0.418 e. The molecule has 0 spiro atoms. The fourth-order valence-corrected chi connectivity index (χ4v) is 3.54. The molecule has 132 valence electrons. The molecule has 2 saturated heterocycles. The lowest BCUT2D eigenvalue weighted by molar-refractivity contribution is -0.0317. The average Bonchev–Trinajstić information content (AvgIpc) is 3.16. The second kappa shape index (κ2) is 5.79. The SMILES string of the molecule is O=C1N2C[C@@H](CC[C@@H]2c2nnc(-c3ccccc3)o2)N1OS(=O)(=O)O. The molecule has 2 aliphatic rings. The number of carbonyl (C=O) groups is 1. The first-order valence-electron chi connectivity index (χ1n) is 7.58. The number of benzene rings is 1. The first-order chi connectivity index (χ1) is 11.9. The molecule has 1 aromatic heterocycles. The van der Waals surface area contributed by atoms with E-state index in [9.17, 15) is 13.2 Å². The van der Waals surface area contributed by atoms with Crippen LogP contribution in [0.4, 0.5) is 4.79 Å². The predicted octanol–water partition coefficient (Wildman–Crippen LogP) is 1.41. The van der Waals surface area contributed by atoms with Gasteiger partial charge in [0.25, 0.3) is 0 Å². The molecule has 4 rings (SSSR count). The number of hydrogen-bond acceptors (Lipinski definition) is 7. The molecule has 0 saturated carbocycles. The largest absolute Gasteiger partial charge is 0.418 e. The maximum absolute atomic E-state index is 12.4. The molecule has 11 heteroatoms. The standard InChI is InChI=1S/C14H14N4O6S/c19-14-17-8-10(18(14)24-25(20,21)22)6-7-11(17)13-16-15-12(23-13)9-4-2-1-3-5-9/h1-5,10-11H,6-8H2,(H,20,21,22)/t10-,11-/m1/s1. The molecular formula is C14H14N4O6S. The van der Waals surface area contributed by atoms with Gasteiger partial charge in [0.1, 0.15) is 6.04 Å². The van der Waals surface area contributed by atoms with E-state index in [0.717, 1.165) is 5.56 Å². The normalized spacial score (nSPS) is 23.3. The molecular weight excluding hydrogens is 352 g/mol. The van der Waals surface area contributed by atoms with E-state index in [2.05, 4.69) is 14.5 Å². The Bertz CT molecular complexity index is 899. The smallest absolute Gasteiger partial charge is 0.418 e. The third-order valence-corrected chi connectivity index (χ3v) is 4.59. The van der Waals surface area contributed by atoms with Crippen LogP contribution >= 0.6 is 0 Å². The van der Waals surface area contributed by atoms with Gasteiger partial charge in [0.05, 0.1) is 6.04 Å². The summed E-state index contributed by atoms with van der Waals surface area (Å²) in [6, 6.07) is 7.64. The fourth-order valence-electron chi connectivity index (χ4n) is 3.15. The van der Waals surface area contributed by atoms with Gasteiger partial charge in [-0.1, -0.05) is 18.2 Å². The third kappa shape index (κ3) is 2.97. The van der Waals surface area contributed by atoms with Crippen LogP contribution in [0, 0.1) is 0 Å². The molecule has 0 unspecified atom stereocenters. The second-order valence-corrected chi connectivity index (χ2v) is 6.83. The number of aromatic nitrogens is 2. The predicted molar refractivity (Wildman–Crippen MR) is 82.1 cm³/mol. The zero-order valence-corrected chi connectivity index (χ0v) is 13.7. The number of amides is 2. The van der Waals surface area contributed by atoms with Crippen LogP contribution in [0.3, 0.4) is 0 Å². The second-order valence-electron chi connectivity index (χ2n) is 5.82.